The van der Waals surface area contributed by atoms with Crippen molar-refractivity contribution in [1.82, 2.24) is 15.1 Å². The lowest BCUT2D eigenvalue weighted by Crippen LogP contribution is -2.27. The summed E-state index contributed by atoms with van der Waals surface area (Å²) in [5, 5.41) is 7.04. The van der Waals surface area contributed by atoms with E-state index in [1.165, 1.54) is 0 Å². The average molecular weight is 258 g/mol. The van der Waals surface area contributed by atoms with Gasteiger partial charge in [-0.05, 0) is 24.6 Å². The van der Waals surface area contributed by atoms with Gasteiger partial charge >= 0.3 is 0 Å². The number of nitrogens with zero attached hydrogens (tertiary/aromatic N) is 2. The van der Waals surface area contributed by atoms with Gasteiger partial charge in [0.05, 0.1) is 18.7 Å². The van der Waals surface area contributed by atoms with Gasteiger partial charge < -0.3 is 11.1 Å². The van der Waals surface area contributed by atoms with Crippen LogP contribution in [0.4, 0.5) is 5.69 Å². The Labute approximate surface area is 112 Å². The molecule has 0 saturated carbocycles. The number of nitrogen functional groups attached to an aromatic ring is 1. The highest BCUT2D eigenvalue weighted by Gasteiger charge is 2.11. The van der Waals surface area contributed by atoms with Crippen molar-refractivity contribution in [2.24, 2.45) is 7.05 Å². The summed E-state index contributed by atoms with van der Waals surface area (Å²) in [5.41, 5.74) is 8.25. The molecule has 0 bridgehead atoms. The number of benzene rings is 1. The maximum Gasteiger partial charge on any atom is 0.224 e. The molecule has 0 radical (unpaired) electrons. The first-order chi connectivity index (χ1) is 9.04. The molecule has 2 rings (SSSR count). The van der Waals surface area contributed by atoms with Crippen LogP contribution in [0.2, 0.25) is 0 Å². The van der Waals surface area contributed by atoms with Crippen LogP contribution >= 0.6 is 0 Å². The number of nitrogens with one attached hydrogen (secondary N) is 1. The lowest BCUT2D eigenvalue weighted by Gasteiger charge is -2.12. The Bertz CT molecular complexity index is 559. The van der Waals surface area contributed by atoms with E-state index in [9.17, 15) is 4.79 Å². The Kier molecular flexibility index (Phi) is 3.85. The molecule has 1 unspecified atom stereocenters. The normalized spacial score (nSPS) is 12.1. The summed E-state index contributed by atoms with van der Waals surface area (Å²) in [4.78, 5) is 11.9. The van der Waals surface area contributed by atoms with Crippen molar-refractivity contribution in [2.75, 3.05) is 5.73 Å². The predicted octanol–water partition coefficient (Wildman–Crippen LogP) is 1.42. The van der Waals surface area contributed by atoms with Crippen molar-refractivity contribution >= 4 is 11.6 Å². The summed E-state index contributed by atoms with van der Waals surface area (Å²) in [7, 11) is 1.85. The van der Waals surface area contributed by atoms with Crippen LogP contribution in [-0.4, -0.2) is 15.7 Å². The van der Waals surface area contributed by atoms with Crippen LogP contribution in [0.15, 0.2) is 36.7 Å². The zero-order chi connectivity index (χ0) is 13.8. The van der Waals surface area contributed by atoms with E-state index in [0.29, 0.717) is 12.1 Å². The van der Waals surface area contributed by atoms with Gasteiger partial charge in [0, 0.05) is 24.5 Å². The summed E-state index contributed by atoms with van der Waals surface area (Å²) in [6.07, 6.45) is 4.01. The van der Waals surface area contributed by atoms with E-state index in [0.717, 1.165) is 11.1 Å². The number of carbonyl (C=O) groups is 1. The van der Waals surface area contributed by atoms with Crippen LogP contribution in [-0.2, 0) is 18.3 Å². The molecule has 19 heavy (non-hydrogen) atoms. The Morgan fingerprint density at radius 3 is 2.68 bits per heavy atom. The maximum absolute atomic E-state index is 11.9. The number of hydrogen-bond donors (Lipinski definition) is 2. The molecular weight excluding hydrogens is 240 g/mol. The predicted molar refractivity (Wildman–Crippen MR) is 74.3 cm³/mol. The largest absolute Gasteiger partial charge is 0.399 e. The van der Waals surface area contributed by atoms with E-state index in [1.807, 2.05) is 32.3 Å². The molecule has 1 aromatic heterocycles. The molecule has 1 aromatic carbocycles. The SMILES string of the molecule is CC(NC(=O)Cc1ccc(N)cc1)c1cnn(C)c1. The summed E-state index contributed by atoms with van der Waals surface area (Å²) < 4.78 is 1.72. The van der Waals surface area contributed by atoms with Gasteiger partial charge in [0.25, 0.3) is 0 Å². The smallest absolute Gasteiger partial charge is 0.224 e. The molecule has 3 N–H and O–H groups in total. The minimum atomic E-state index is -0.0463. The lowest BCUT2D eigenvalue weighted by atomic mass is 10.1. The third kappa shape index (κ3) is 3.58. The highest BCUT2D eigenvalue weighted by atomic mass is 16.1. The van der Waals surface area contributed by atoms with Crippen LogP contribution in [0.5, 0.6) is 0 Å². The number of rotatable bonds is 4. The molecule has 1 amide bonds. The summed E-state index contributed by atoms with van der Waals surface area (Å²) in [6, 6.07) is 7.28. The van der Waals surface area contributed by atoms with Crippen LogP contribution in [0, 0.1) is 0 Å². The highest BCUT2D eigenvalue weighted by Crippen LogP contribution is 2.11. The topological polar surface area (TPSA) is 72.9 Å². The molecule has 0 saturated heterocycles. The number of aromatic nitrogens is 2. The van der Waals surface area contributed by atoms with Gasteiger partial charge in [0.2, 0.25) is 5.91 Å². The highest BCUT2D eigenvalue weighted by molar-refractivity contribution is 5.79. The standard InChI is InChI=1S/C14H18N4O/c1-10(12-8-16-18(2)9-12)17-14(19)7-11-3-5-13(15)6-4-11/h3-6,8-10H,7,15H2,1-2H3,(H,17,19). The summed E-state index contributed by atoms with van der Waals surface area (Å²) in [5.74, 6) is -0.0128. The minimum absolute atomic E-state index is 0.0128. The number of carbonyl (C=O) groups excluding carboxylic acids is 1. The van der Waals surface area contributed by atoms with E-state index >= 15 is 0 Å². The first-order valence-electron chi connectivity index (χ1n) is 6.17. The molecule has 0 aliphatic heterocycles. The van der Waals surface area contributed by atoms with Gasteiger partial charge in [-0.15, -0.1) is 0 Å². The average Bonchev–Trinajstić information content (AvgIpc) is 2.79. The molecule has 0 aliphatic carbocycles. The zero-order valence-corrected chi connectivity index (χ0v) is 11.1. The fourth-order valence-corrected chi connectivity index (χ4v) is 1.86. The Morgan fingerprint density at radius 2 is 2.11 bits per heavy atom. The van der Waals surface area contributed by atoms with Gasteiger partial charge in [0.1, 0.15) is 0 Å². The molecule has 5 heteroatoms. The Morgan fingerprint density at radius 1 is 1.42 bits per heavy atom. The van der Waals surface area contributed by atoms with E-state index in [4.69, 9.17) is 5.73 Å². The minimum Gasteiger partial charge on any atom is -0.399 e. The van der Waals surface area contributed by atoms with Gasteiger partial charge in [-0.2, -0.15) is 5.10 Å². The molecule has 0 aliphatic rings. The lowest BCUT2D eigenvalue weighted by molar-refractivity contribution is -0.121. The molecule has 5 nitrogen and oxygen atoms in total. The number of aryl methyl sites for hydroxylation is 1. The van der Waals surface area contributed by atoms with Crippen molar-refractivity contribution in [3.8, 4) is 0 Å². The zero-order valence-electron chi connectivity index (χ0n) is 11.1. The van der Waals surface area contributed by atoms with Crippen molar-refractivity contribution < 1.29 is 4.79 Å². The number of nitrogens with two attached hydrogens (primary N) is 1. The van der Waals surface area contributed by atoms with Gasteiger partial charge in [-0.25, -0.2) is 0 Å². The fourth-order valence-electron chi connectivity index (χ4n) is 1.86. The van der Waals surface area contributed by atoms with E-state index < -0.39 is 0 Å². The molecule has 2 aromatic rings. The quantitative estimate of drug-likeness (QED) is 0.815. The number of amides is 1. The molecule has 100 valence electrons. The second kappa shape index (κ2) is 5.56. The van der Waals surface area contributed by atoms with Crippen LogP contribution in [0.3, 0.4) is 0 Å². The van der Waals surface area contributed by atoms with Crippen LogP contribution < -0.4 is 11.1 Å². The third-order valence-electron chi connectivity index (χ3n) is 2.95. The first kappa shape index (κ1) is 13.1. The van der Waals surface area contributed by atoms with E-state index in [2.05, 4.69) is 10.4 Å². The van der Waals surface area contributed by atoms with E-state index in [1.54, 1.807) is 23.0 Å². The number of hydrogen-bond acceptors (Lipinski definition) is 3. The van der Waals surface area contributed by atoms with Crippen LogP contribution in [0.25, 0.3) is 0 Å². The molecule has 1 heterocycles. The Hall–Kier alpha value is -2.30. The fraction of sp³-hybridized carbons (Fsp3) is 0.286. The molecule has 0 spiro atoms. The Balaban J connectivity index is 1.92. The van der Waals surface area contributed by atoms with Gasteiger partial charge in [-0.3, -0.25) is 9.48 Å². The van der Waals surface area contributed by atoms with Gasteiger partial charge in [0.15, 0.2) is 0 Å². The monoisotopic (exact) mass is 258 g/mol. The second-order valence-electron chi connectivity index (χ2n) is 4.65. The second-order valence-corrected chi connectivity index (χ2v) is 4.65. The number of anilines is 1. The van der Waals surface area contributed by atoms with Crippen molar-refractivity contribution in [3.63, 3.8) is 0 Å². The van der Waals surface area contributed by atoms with Crippen molar-refractivity contribution in [2.45, 2.75) is 19.4 Å². The van der Waals surface area contributed by atoms with E-state index in [-0.39, 0.29) is 11.9 Å². The van der Waals surface area contributed by atoms with Gasteiger partial charge in [-0.1, -0.05) is 12.1 Å². The van der Waals surface area contributed by atoms with Crippen molar-refractivity contribution in [1.29, 1.82) is 0 Å². The first-order valence-corrected chi connectivity index (χ1v) is 6.17. The third-order valence-corrected chi connectivity index (χ3v) is 2.95. The van der Waals surface area contributed by atoms with Crippen molar-refractivity contribution in [3.05, 3.63) is 47.8 Å². The van der Waals surface area contributed by atoms with Crippen LogP contribution in [0.1, 0.15) is 24.1 Å². The molecule has 1 atom stereocenters. The molecule has 0 fully saturated rings. The molecular formula is C14H18N4O. The summed E-state index contributed by atoms with van der Waals surface area (Å²) in [6.45, 7) is 1.94. The summed E-state index contributed by atoms with van der Waals surface area (Å²) >= 11 is 0. The maximum atomic E-state index is 11.9.